The molecule has 0 aliphatic carbocycles. The molecule has 0 saturated carbocycles. The minimum atomic E-state index is -0.706. The molecule has 1 saturated heterocycles. The monoisotopic (exact) mass is 1180 g/mol. The van der Waals surface area contributed by atoms with Gasteiger partial charge in [-0.2, -0.15) is 0 Å². The van der Waals surface area contributed by atoms with Crippen molar-refractivity contribution in [3.63, 3.8) is 0 Å². The fourth-order valence-electron chi connectivity index (χ4n) is 11.0. The van der Waals surface area contributed by atoms with Crippen molar-refractivity contribution in [2.45, 2.75) is 99.3 Å². The maximum Gasteiger partial charge on any atom is 0.415 e. The Morgan fingerprint density at radius 3 is 1.23 bits per heavy atom. The number of nitrogens with one attached hydrogen (secondary N) is 1. The predicted octanol–water partition coefficient (Wildman–Crippen LogP) is 11.5. The quantitative estimate of drug-likeness (QED) is 0.143. The van der Waals surface area contributed by atoms with Crippen molar-refractivity contribution in [1.29, 1.82) is 0 Å². The molecular weight excluding hydrogens is 1110 g/mol. The van der Waals surface area contributed by atoms with Gasteiger partial charge in [0.25, 0.3) is 0 Å². The van der Waals surface area contributed by atoms with Crippen molar-refractivity contribution >= 4 is 81.7 Å². The number of rotatable bonds is 8. The number of ether oxygens (including phenoxy) is 1. The summed E-state index contributed by atoms with van der Waals surface area (Å²) in [4.78, 5) is 109. The number of benzene rings is 3. The molecule has 10 heterocycles. The first-order valence-electron chi connectivity index (χ1n) is 28.6. The molecule has 13 rings (SSSR count). The summed E-state index contributed by atoms with van der Waals surface area (Å²) in [6.07, 6.45) is 10.2. The maximum atomic E-state index is 13.4. The number of nitrogens with zero attached hydrogens (tertiary/aromatic N) is 13. The highest BCUT2D eigenvalue weighted by Crippen LogP contribution is 2.50. The van der Waals surface area contributed by atoms with Crippen LogP contribution in [0.25, 0.3) is 33.4 Å². The molecule has 5 amide bonds. The summed E-state index contributed by atoms with van der Waals surface area (Å²) in [6.45, 7) is 23.0. The molecule has 0 radical (unpaired) electrons. The van der Waals surface area contributed by atoms with E-state index in [0.717, 1.165) is 84.1 Å². The number of fused-ring (bicyclic) bond motifs is 3. The Morgan fingerprint density at radius 2 is 0.852 bits per heavy atom. The first-order chi connectivity index (χ1) is 41.8. The molecule has 4 aliphatic rings. The molecule has 21 nitrogen and oxygen atoms in total. The molecule has 21 heteroatoms. The molecule has 88 heavy (non-hydrogen) atoms. The highest BCUT2D eigenvalue weighted by molar-refractivity contribution is 6.14. The maximum absolute atomic E-state index is 13.4. The number of cyclic esters (lactones) is 1. The minimum Gasteiger partial charge on any atom is -0.447 e. The Kier molecular flexibility index (Phi) is 15.2. The van der Waals surface area contributed by atoms with Gasteiger partial charge in [-0.1, -0.05) is 54.6 Å². The van der Waals surface area contributed by atoms with E-state index >= 15 is 0 Å². The van der Waals surface area contributed by atoms with Crippen LogP contribution in [0.4, 0.5) is 56.8 Å². The number of nitrogens with two attached hydrogens (primary N) is 1. The normalized spacial score (nSPS) is 15.6. The molecule has 0 spiro atoms. The lowest BCUT2D eigenvalue weighted by Gasteiger charge is -2.21. The third-order valence-corrected chi connectivity index (χ3v) is 16.2. The number of aromatic nitrogens is 9. The van der Waals surface area contributed by atoms with Gasteiger partial charge in [0.2, 0.25) is 23.6 Å². The lowest BCUT2D eigenvalue weighted by atomic mass is 9.85. The van der Waals surface area contributed by atoms with Gasteiger partial charge < -0.3 is 15.8 Å². The lowest BCUT2D eigenvalue weighted by Crippen LogP contribution is -2.34. The second-order valence-electron chi connectivity index (χ2n) is 23.6. The zero-order valence-corrected chi connectivity index (χ0v) is 51.0. The molecule has 0 unspecified atom stereocenters. The standard InChI is InChI=1S/C23H21N5O3.C23H23N5O2.C21H21N5O/c1-14-24-12-16(13-25-14)15-7-8-17-18(11-15)28(21(29)23(17,2)3)20-6-4-5-19(26-20)27-9-10-31-22(27)30;1-13-6-9-20(27-21(13)26-15(3)29)28-19-10-16(17-11-24-14(2)25-12-17)7-8-18(19)23(4,5)22(28)30;1-12-5-8-18(25-19(12)22)26-17-9-14(15-10-23-13(2)24-11-15)6-7-16(17)21(3,4)20(26)27/h4-8,11-13H,9-10H2,1-3H3;6-12H,1-5H3,(H,26,27,29);5-11H,1-4H3,(H2,22,25). The third kappa shape index (κ3) is 10.8. The summed E-state index contributed by atoms with van der Waals surface area (Å²) >= 11 is 0. The SMILES string of the molecule is CC(=O)Nc1nc(N2C(=O)C(C)(C)c3ccc(-c4cnc(C)nc4)cc32)ccc1C.Cc1ncc(-c2ccc3c(c2)N(c2ccc(C)c(N)n2)C(=O)C3(C)C)cn1.Cc1ncc(-c2ccc3c(c2)N(c2cccc(N4CCOC4=O)n2)C(=O)C3(C)C)cn1. The Hall–Kier alpha value is -10.7. The van der Waals surface area contributed by atoms with Crippen LogP contribution in [0.5, 0.6) is 0 Å². The largest absolute Gasteiger partial charge is 0.447 e. The van der Waals surface area contributed by atoms with Crippen LogP contribution in [-0.2, 0) is 40.2 Å². The molecule has 9 aromatic rings. The highest BCUT2D eigenvalue weighted by atomic mass is 16.6. The Bertz CT molecular complexity index is 4300. The van der Waals surface area contributed by atoms with Crippen molar-refractivity contribution in [3.05, 3.63) is 180 Å². The van der Waals surface area contributed by atoms with Gasteiger partial charge >= 0.3 is 6.09 Å². The van der Waals surface area contributed by atoms with Crippen LogP contribution < -0.4 is 30.7 Å². The van der Waals surface area contributed by atoms with Crippen molar-refractivity contribution in [2.24, 2.45) is 0 Å². The summed E-state index contributed by atoms with van der Waals surface area (Å²) < 4.78 is 5.02. The van der Waals surface area contributed by atoms with Crippen LogP contribution in [0, 0.1) is 34.6 Å². The van der Waals surface area contributed by atoms with Gasteiger partial charge in [-0.25, -0.2) is 49.7 Å². The van der Waals surface area contributed by atoms with Crippen LogP contribution in [-0.4, -0.2) is 87.7 Å². The van der Waals surface area contributed by atoms with Gasteiger partial charge in [0.15, 0.2) is 0 Å². The number of aryl methyl sites for hydroxylation is 5. The molecular formula is C67H65N15O6. The number of pyridine rings is 3. The zero-order chi connectivity index (χ0) is 62.7. The minimum absolute atomic E-state index is 0.0226. The van der Waals surface area contributed by atoms with E-state index in [1.165, 1.54) is 11.8 Å². The van der Waals surface area contributed by atoms with Gasteiger partial charge in [-0.15, -0.1) is 0 Å². The number of nitrogen functional groups attached to an aromatic ring is 1. The molecule has 3 aromatic carbocycles. The van der Waals surface area contributed by atoms with Gasteiger partial charge in [0.1, 0.15) is 59.0 Å². The average Bonchev–Trinajstić information content (AvgIpc) is 1.76. The number of anilines is 9. The van der Waals surface area contributed by atoms with Gasteiger partial charge in [-0.05, 0) is 163 Å². The van der Waals surface area contributed by atoms with Crippen LogP contribution in [0.15, 0.2) is 134 Å². The molecule has 0 bridgehead atoms. The summed E-state index contributed by atoms with van der Waals surface area (Å²) in [7, 11) is 0. The smallest absolute Gasteiger partial charge is 0.415 e. The van der Waals surface area contributed by atoms with E-state index in [0.29, 0.717) is 59.7 Å². The molecule has 3 N–H and O–H groups in total. The van der Waals surface area contributed by atoms with E-state index in [4.69, 9.17) is 10.5 Å². The van der Waals surface area contributed by atoms with E-state index in [2.05, 4.69) is 50.2 Å². The van der Waals surface area contributed by atoms with E-state index < -0.39 is 22.3 Å². The van der Waals surface area contributed by atoms with Gasteiger partial charge in [0.05, 0.1) is 39.9 Å². The Balaban J connectivity index is 0.000000137. The molecule has 444 valence electrons. The number of carbonyl (C=O) groups is 5. The average molecular weight is 1180 g/mol. The molecule has 0 atom stereocenters. The van der Waals surface area contributed by atoms with Crippen LogP contribution in [0.1, 0.15) is 93.8 Å². The van der Waals surface area contributed by atoms with Crippen molar-refractivity contribution in [3.8, 4) is 33.4 Å². The Labute approximate surface area is 509 Å². The topological polar surface area (TPSA) is 262 Å². The fraction of sp³-hybridized carbons (Fsp3) is 0.254. The van der Waals surface area contributed by atoms with E-state index in [-0.39, 0.29) is 23.6 Å². The predicted molar refractivity (Wildman–Crippen MR) is 337 cm³/mol. The highest BCUT2D eigenvalue weighted by Gasteiger charge is 2.48. The van der Waals surface area contributed by atoms with Crippen molar-refractivity contribution < 1.29 is 28.7 Å². The van der Waals surface area contributed by atoms with Gasteiger partial charge in [0, 0.05) is 60.8 Å². The fourth-order valence-corrected chi connectivity index (χ4v) is 11.0. The van der Waals surface area contributed by atoms with Crippen LogP contribution >= 0.6 is 0 Å². The first kappa shape index (κ1) is 59.0. The summed E-state index contributed by atoms with van der Waals surface area (Å²) in [6, 6.07) is 30.5. The first-order valence-corrected chi connectivity index (χ1v) is 28.6. The summed E-state index contributed by atoms with van der Waals surface area (Å²) in [5.74, 6) is 4.54. The van der Waals surface area contributed by atoms with Crippen molar-refractivity contribution in [1.82, 2.24) is 44.9 Å². The van der Waals surface area contributed by atoms with E-state index in [1.54, 1.807) is 76.1 Å². The number of amides is 5. The second-order valence-corrected chi connectivity index (χ2v) is 23.6. The lowest BCUT2D eigenvalue weighted by molar-refractivity contribution is -0.122. The summed E-state index contributed by atoms with van der Waals surface area (Å²) in [5, 5.41) is 2.73. The number of hydrogen-bond donors (Lipinski definition) is 2. The molecule has 6 aromatic heterocycles. The van der Waals surface area contributed by atoms with Gasteiger partial charge in [-0.3, -0.25) is 38.8 Å². The second kappa shape index (κ2) is 22.6. The van der Waals surface area contributed by atoms with Crippen LogP contribution in [0.2, 0.25) is 0 Å². The summed E-state index contributed by atoms with van der Waals surface area (Å²) in [5.41, 5.74) is 16.2. The number of hydrogen-bond acceptors (Lipinski definition) is 16. The Morgan fingerprint density at radius 1 is 0.477 bits per heavy atom. The van der Waals surface area contributed by atoms with E-state index in [9.17, 15) is 24.0 Å². The van der Waals surface area contributed by atoms with Crippen LogP contribution in [0.3, 0.4) is 0 Å². The van der Waals surface area contributed by atoms with E-state index in [1.807, 2.05) is 149 Å². The zero-order valence-electron chi connectivity index (χ0n) is 51.0. The molecule has 1 fully saturated rings. The van der Waals surface area contributed by atoms with Crippen molar-refractivity contribution in [2.75, 3.05) is 43.8 Å². The number of carbonyl (C=O) groups excluding carboxylic acids is 5. The molecule has 4 aliphatic heterocycles. The third-order valence-electron chi connectivity index (χ3n) is 16.2.